The molecule has 1 aliphatic rings. The highest BCUT2D eigenvalue weighted by molar-refractivity contribution is 5.85. The maximum atomic E-state index is 12.3. The van der Waals surface area contributed by atoms with Gasteiger partial charge >= 0.3 is 6.61 Å². The first-order chi connectivity index (χ1) is 10.4. The summed E-state index contributed by atoms with van der Waals surface area (Å²) in [5, 5.41) is 0. The van der Waals surface area contributed by atoms with E-state index in [0.717, 1.165) is 18.4 Å². The second-order valence-electron chi connectivity index (χ2n) is 5.35. The second-order valence-corrected chi connectivity index (χ2v) is 5.35. The number of nitrogens with two attached hydrogens (primary N) is 1. The minimum Gasteiger partial charge on any atom is -0.493 e. The molecule has 5 nitrogen and oxygen atoms in total. The third kappa shape index (κ3) is 5.21. The van der Waals surface area contributed by atoms with Crippen molar-refractivity contribution in [1.29, 1.82) is 0 Å². The molecule has 2 N–H and O–H groups in total. The Labute approximate surface area is 140 Å². The summed E-state index contributed by atoms with van der Waals surface area (Å²) in [5.41, 5.74) is 6.45. The lowest BCUT2D eigenvalue weighted by Crippen LogP contribution is -2.42. The SMILES string of the molecule is COc1cc(CN(C(=O)[C@@H](C)N)C2CC2)ccc1OC(F)F.Cl. The van der Waals surface area contributed by atoms with Gasteiger partial charge in [-0.3, -0.25) is 4.79 Å². The van der Waals surface area contributed by atoms with E-state index in [1.54, 1.807) is 24.0 Å². The highest BCUT2D eigenvalue weighted by Crippen LogP contribution is 2.32. The number of alkyl halides is 2. The van der Waals surface area contributed by atoms with Gasteiger partial charge in [-0.05, 0) is 37.5 Å². The van der Waals surface area contributed by atoms with Gasteiger partial charge in [0.15, 0.2) is 11.5 Å². The molecule has 1 aliphatic carbocycles. The lowest BCUT2D eigenvalue weighted by atomic mass is 10.1. The molecule has 0 aliphatic heterocycles. The number of methoxy groups -OCH3 is 1. The number of carbonyl (C=O) groups is 1. The average molecular weight is 351 g/mol. The first-order valence-electron chi connectivity index (χ1n) is 7.10. The van der Waals surface area contributed by atoms with E-state index in [-0.39, 0.29) is 35.9 Å². The normalized spacial score (nSPS) is 14.9. The predicted octanol–water partition coefficient (Wildman–Crippen LogP) is 2.56. The van der Waals surface area contributed by atoms with Crippen molar-refractivity contribution in [3.8, 4) is 11.5 Å². The maximum Gasteiger partial charge on any atom is 0.387 e. The number of hydrogen-bond acceptors (Lipinski definition) is 4. The molecule has 23 heavy (non-hydrogen) atoms. The van der Waals surface area contributed by atoms with Crippen LogP contribution in [0.2, 0.25) is 0 Å². The van der Waals surface area contributed by atoms with Crippen molar-refractivity contribution in [2.24, 2.45) is 5.73 Å². The molecule has 1 saturated carbocycles. The first kappa shape index (κ1) is 19.4. The fraction of sp³-hybridized carbons (Fsp3) is 0.533. The van der Waals surface area contributed by atoms with Crippen LogP contribution in [0, 0.1) is 0 Å². The first-order valence-corrected chi connectivity index (χ1v) is 7.10. The molecule has 0 spiro atoms. The van der Waals surface area contributed by atoms with Crippen LogP contribution in [0.25, 0.3) is 0 Å². The molecule has 1 atom stereocenters. The molecule has 2 rings (SSSR count). The molecule has 1 amide bonds. The molecular weight excluding hydrogens is 330 g/mol. The van der Waals surface area contributed by atoms with Crippen molar-refractivity contribution in [2.45, 2.75) is 45.0 Å². The molecule has 0 heterocycles. The van der Waals surface area contributed by atoms with Crippen LogP contribution in [-0.2, 0) is 11.3 Å². The molecule has 0 saturated heterocycles. The van der Waals surface area contributed by atoms with Crippen LogP contribution in [0.4, 0.5) is 8.78 Å². The highest BCUT2D eigenvalue weighted by Gasteiger charge is 2.33. The van der Waals surface area contributed by atoms with Crippen LogP contribution in [-0.4, -0.2) is 36.6 Å². The van der Waals surface area contributed by atoms with Gasteiger partial charge in [-0.2, -0.15) is 8.78 Å². The Morgan fingerprint density at radius 2 is 2.04 bits per heavy atom. The smallest absolute Gasteiger partial charge is 0.387 e. The molecule has 8 heteroatoms. The number of halogens is 3. The van der Waals surface area contributed by atoms with Gasteiger partial charge in [0.05, 0.1) is 13.2 Å². The van der Waals surface area contributed by atoms with Crippen molar-refractivity contribution in [3.63, 3.8) is 0 Å². The van der Waals surface area contributed by atoms with E-state index >= 15 is 0 Å². The van der Waals surface area contributed by atoms with Gasteiger partial charge in [-0.25, -0.2) is 0 Å². The molecule has 1 aromatic rings. The molecule has 0 radical (unpaired) electrons. The van der Waals surface area contributed by atoms with Crippen molar-refractivity contribution in [1.82, 2.24) is 4.90 Å². The van der Waals surface area contributed by atoms with Crippen molar-refractivity contribution >= 4 is 18.3 Å². The fourth-order valence-corrected chi connectivity index (χ4v) is 2.24. The number of nitrogens with zero attached hydrogens (tertiary/aromatic N) is 1. The molecular formula is C15H21ClF2N2O3. The Balaban J connectivity index is 0.00000264. The molecule has 0 bridgehead atoms. The van der Waals surface area contributed by atoms with Gasteiger partial charge in [-0.1, -0.05) is 6.07 Å². The average Bonchev–Trinajstić information content (AvgIpc) is 3.29. The summed E-state index contributed by atoms with van der Waals surface area (Å²) in [6, 6.07) is 4.30. The topological polar surface area (TPSA) is 64.8 Å². The minimum atomic E-state index is -2.91. The van der Waals surface area contributed by atoms with Gasteiger partial charge < -0.3 is 20.1 Å². The van der Waals surface area contributed by atoms with E-state index in [2.05, 4.69) is 4.74 Å². The van der Waals surface area contributed by atoms with E-state index in [4.69, 9.17) is 10.5 Å². The summed E-state index contributed by atoms with van der Waals surface area (Å²) in [6.07, 6.45) is 1.92. The number of hydrogen-bond donors (Lipinski definition) is 1. The third-order valence-electron chi connectivity index (χ3n) is 3.46. The number of carbonyl (C=O) groups excluding carboxylic acids is 1. The van der Waals surface area contributed by atoms with Crippen molar-refractivity contribution in [3.05, 3.63) is 23.8 Å². The van der Waals surface area contributed by atoms with Crippen molar-refractivity contribution < 1.29 is 23.0 Å². The van der Waals surface area contributed by atoms with Crippen LogP contribution >= 0.6 is 12.4 Å². The molecule has 0 aromatic heterocycles. The summed E-state index contributed by atoms with van der Waals surface area (Å²) in [7, 11) is 1.38. The Hall–Kier alpha value is -1.60. The number of ether oxygens (including phenoxy) is 2. The van der Waals surface area contributed by atoms with Gasteiger partial charge in [0.2, 0.25) is 5.91 Å². The van der Waals surface area contributed by atoms with E-state index in [1.807, 2.05) is 0 Å². The van der Waals surface area contributed by atoms with Gasteiger partial charge in [-0.15, -0.1) is 12.4 Å². The number of benzene rings is 1. The minimum absolute atomic E-state index is 0. The number of amides is 1. The van der Waals surface area contributed by atoms with Gasteiger partial charge in [0.1, 0.15) is 0 Å². The van der Waals surface area contributed by atoms with E-state index in [1.165, 1.54) is 13.2 Å². The molecule has 130 valence electrons. The van der Waals surface area contributed by atoms with Crippen molar-refractivity contribution in [2.75, 3.05) is 7.11 Å². The molecule has 0 unspecified atom stereocenters. The Morgan fingerprint density at radius 1 is 1.39 bits per heavy atom. The van der Waals surface area contributed by atoms with Crippen LogP contribution < -0.4 is 15.2 Å². The maximum absolute atomic E-state index is 12.3. The van der Waals surface area contributed by atoms with E-state index in [0.29, 0.717) is 6.54 Å². The monoisotopic (exact) mass is 350 g/mol. The zero-order valence-corrected chi connectivity index (χ0v) is 13.8. The Bertz CT molecular complexity index is 539. The van der Waals surface area contributed by atoms with Crippen LogP contribution in [0.15, 0.2) is 18.2 Å². The summed E-state index contributed by atoms with van der Waals surface area (Å²) in [4.78, 5) is 13.9. The lowest BCUT2D eigenvalue weighted by molar-refractivity contribution is -0.133. The van der Waals surface area contributed by atoms with Gasteiger partial charge in [0.25, 0.3) is 0 Å². The second kappa shape index (κ2) is 8.31. The van der Waals surface area contributed by atoms with Gasteiger partial charge in [0, 0.05) is 12.6 Å². The number of rotatable bonds is 7. The molecule has 1 fully saturated rings. The third-order valence-corrected chi connectivity index (χ3v) is 3.46. The summed E-state index contributed by atoms with van der Waals surface area (Å²) in [6.45, 7) is -0.892. The van der Waals surface area contributed by atoms with Crippen LogP contribution in [0.3, 0.4) is 0 Å². The zero-order chi connectivity index (χ0) is 16.3. The van der Waals surface area contributed by atoms with Crippen LogP contribution in [0.5, 0.6) is 11.5 Å². The largest absolute Gasteiger partial charge is 0.493 e. The quantitative estimate of drug-likeness (QED) is 0.820. The fourth-order valence-electron chi connectivity index (χ4n) is 2.24. The van der Waals surface area contributed by atoms with E-state index in [9.17, 15) is 13.6 Å². The standard InChI is InChI=1S/C15H20F2N2O3.ClH/c1-9(18)14(20)19(11-4-5-11)8-10-3-6-12(22-15(16)17)13(7-10)21-2;/h3,6-7,9,11,15H,4-5,8,18H2,1-2H3;1H/t9-;/m1./s1. The van der Waals surface area contributed by atoms with Crippen LogP contribution in [0.1, 0.15) is 25.3 Å². The van der Waals surface area contributed by atoms with E-state index < -0.39 is 12.7 Å². The predicted molar refractivity (Wildman–Crippen MR) is 84.1 cm³/mol. The zero-order valence-electron chi connectivity index (χ0n) is 13.0. The molecule has 1 aromatic carbocycles. The summed E-state index contributed by atoms with van der Waals surface area (Å²) >= 11 is 0. The Kier molecular flexibility index (Phi) is 7.02. The summed E-state index contributed by atoms with van der Waals surface area (Å²) < 4.78 is 34.1. The lowest BCUT2D eigenvalue weighted by Gasteiger charge is -2.24. The summed E-state index contributed by atoms with van der Waals surface area (Å²) in [5.74, 6) is 0.0638. The Morgan fingerprint density at radius 3 is 2.52 bits per heavy atom. The highest BCUT2D eigenvalue weighted by atomic mass is 35.5.